The molecule has 0 unspecified atom stereocenters. The minimum Gasteiger partial charge on any atom is -0.490 e. The minimum absolute atomic E-state index is 0.533. The Labute approximate surface area is 160 Å². The number of hydrogen-bond donors (Lipinski definition) is 1. The van der Waals surface area contributed by atoms with Gasteiger partial charge in [0.25, 0.3) is 0 Å². The minimum atomic E-state index is -4.42. The number of hydrogen-bond acceptors (Lipinski definition) is 3. The number of anilines is 1. The molecule has 4 nitrogen and oxygen atoms in total. The number of carbonyl (C=O) groups is 1. The molecule has 0 bridgehead atoms. The molecular formula is C21H18F3NO3. The fourth-order valence-electron chi connectivity index (χ4n) is 2.95. The fourth-order valence-corrected chi connectivity index (χ4v) is 2.95. The van der Waals surface area contributed by atoms with Gasteiger partial charge in [-0.25, -0.2) is 4.79 Å². The molecule has 2 aromatic rings. The molecule has 0 aromatic heterocycles. The second-order valence-corrected chi connectivity index (χ2v) is 6.31. The van der Waals surface area contributed by atoms with Crippen molar-refractivity contribution in [3.63, 3.8) is 0 Å². The average molecular weight is 389 g/mol. The third-order valence-corrected chi connectivity index (χ3v) is 4.39. The zero-order chi connectivity index (χ0) is 20.3. The van der Waals surface area contributed by atoms with Crippen molar-refractivity contribution in [3.8, 4) is 5.75 Å². The molecule has 146 valence electrons. The van der Waals surface area contributed by atoms with Gasteiger partial charge >= 0.3 is 12.1 Å². The second-order valence-electron chi connectivity index (χ2n) is 6.31. The average Bonchev–Trinajstić information content (AvgIpc) is 2.64. The fraction of sp³-hybridized carbons (Fsp3) is 0.190. The van der Waals surface area contributed by atoms with Crippen LogP contribution in [0.25, 0.3) is 5.57 Å². The molecule has 1 N–H and O–H groups in total. The molecule has 28 heavy (non-hydrogen) atoms. The Morgan fingerprint density at radius 2 is 1.82 bits per heavy atom. The van der Waals surface area contributed by atoms with Gasteiger partial charge in [-0.1, -0.05) is 30.4 Å². The SMILES string of the molecule is CN1CCOc2cc(C(=CC=CC(=O)O)c3ccc(C(F)(F)F)cc3)ccc21. The van der Waals surface area contributed by atoms with Crippen LogP contribution >= 0.6 is 0 Å². The summed E-state index contributed by atoms with van der Waals surface area (Å²) < 4.78 is 44.2. The van der Waals surface area contributed by atoms with Gasteiger partial charge in [0.15, 0.2) is 0 Å². The van der Waals surface area contributed by atoms with Gasteiger partial charge < -0.3 is 14.7 Å². The highest BCUT2D eigenvalue weighted by Gasteiger charge is 2.30. The molecular weight excluding hydrogens is 371 g/mol. The Balaban J connectivity index is 2.04. The van der Waals surface area contributed by atoms with Crippen molar-refractivity contribution in [2.45, 2.75) is 6.18 Å². The molecule has 0 radical (unpaired) electrons. The maximum absolute atomic E-state index is 12.8. The molecule has 2 aromatic carbocycles. The van der Waals surface area contributed by atoms with Gasteiger partial charge in [0.2, 0.25) is 0 Å². The van der Waals surface area contributed by atoms with Crippen LogP contribution in [0.1, 0.15) is 16.7 Å². The molecule has 0 fully saturated rings. The third kappa shape index (κ3) is 4.36. The van der Waals surface area contributed by atoms with Crippen LogP contribution < -0.4 is 9.64 Å². The predicted molar refractivity (Wildman–Crippen MR) is 101 cm³/mol. The number of carboxylic acids is 1. The Kier molecular flexibility index (Phi) is 5.44. The van der Waals surface area contributed by atoms with Crippen molar-refractivity contribution in [1.29, 1.82) is 0 Å². The Bertz CT molecular complexity index is 931. The Morgan fingerprint density at radius 3 is 2.46 bits per heavy atom. The lowest BCUT2D eigenvalue weighted by molar-refractivity contribution is -0.137. The van der Waals surface area contributed by atoms with E-state index in [0.29, 0.717) is 29.1 Å². The van der Waals surface area contributed by atoms with Crippen LogP contribution in [-0.2, 0) is 11.0 Å². The van der Waals surface area contributed by atoms with E-state index in [9.17, 15) is 18.0 Å². The number of halogens is 3. The van der Waals surface area contributed by atoms with Crippen LogP contribution in [0.3, 0.4) is 0 Å². The molecule has 0 saturated heterocycles. The standard InChI is InChI=1S/C21H18F3NO3/c1-25-11-12-28-19-13-15(7-10-18(19)25)17(3-2-4-20(26)27)14-5-8-16(9-6-14)21(22,23)24/h2-10,13H,11-12H2,1H3,(H,26,27). The van der Waals surface area contributed by atoms with Crippen LogP contribution in [0.4, 0.5) is 18.9 Å². The molecule has 1 heterocycles. The lowest BCUT2D eigenvalue weighted by atomic mass is 9.95. The number of aliphatic carboxylic acids is 1. The molecule has 7 heteroatoms. The topological polar surface area (TPSA) is 49.8 Å². The van der Waals surface area contributed by atoms with Gasteiger partial charge in [0.05, 0.1) is 17.8 Å². The summed E-state index contributed by atoms with van der Waals surface area (Å²) in [5.74, 6) is -0.440. The number of rotatable bonds is 4. The summed E-state index contributed by atoms with van der Waals surface area (Å²) in [6, 6.07) is 10.3. The number of carboxylic acid groups (broad SMARTS) is 1. The summed E-state index contributed by atoms with van der Waals surface area (Å²) in [6.45, 7) is 1.29. The van der Waals surface area contributed by atoms with E-state index in [1.807, 2.05) is 25.2 Å². The van der Waals surface area contributed by atoms with E-state index in [1.165, 1.54) is 18.2 Å². The first-order valence-electron chi connectivity index (χ1n) is 8.53. The molecule has 0 spiro atoms. The number of nitrogens with zero attached hydrogens (tertiary/aromatic N) is 1. The van der Waals surface area contributed by atoms with Crippen molar-refractivity contribution in [1.82, 2.24) is 0 Å². The monoisotopic (exact) mass is 389 g/mol. The third-order valence-electron chi connectivity index (χ3n) is 4.39. The zero-order valence-electron chi connectivity index (χ0n) is 15.0. The molecule has 1 aliphatic rings. The Morgan fingerprint density at radius 1 is 1.14 bits per heavy atom. The van der Waals surface area contributed by atoms with Crippen LogP contribution in [-0.4, -0.2) is 31.3 Å². The van der Waals surface area contributed by atoms with E-state index < -0.39 is 17.7 Å². The maximum atomic E-state index is 12.8. The predicted octanol–water partition coefficient (Wildman–Crippen LogP) is 4.61. The van der Waals surface area contributed by atoms with Gasteiger partial charge in [-0.05, 0) is 41.0 Å². The number of benzene rings is 2. The van der Waals surface area contributed by atoms with Crippen molar-refractivity contribution in [2.24, 2.45) is 0 Å². The Hall–Kier alpha value is -3.22. The highest BCUT2D eigenvalue weighted by atomic mass is 19.4. The van der Waals surface area contributed by atoms with Gasteiger partial charge in [0.1, 0.15) is 12.4 Å². The number of alkyl halides is 3. The normalized spacial score (nSPS) is 14.7. The van der Waals surface area contributed by atoms with Gasteiger partial charge in [-0.15, -0.1) is 0 Å². The molecule has 3 rings (SSSR count). The number of allylic oxidation sites excluding steroid dienone is 2. The number of likely N-dealkylation sites (N-methyl/N-ethyl adjacent to an activating group) is 1. The first kappa shape index (κ1) is 19.5. The van der Waals surface area contributed by atoms with E-state index in [0.717, 1.165) is 30.4 Å². The number of ether oxygens (including phenoxy) is 1. The van der Waals surface area contributed by atoms with Gasteiger partial charge in [0, 0.05) is 13.1 Å². The van der Waals surface area contributed by atoms with Crippen LogP contribution in [0, 0.1) is 0 Å². The van der Waals surface area contributed by atoms with Crippen molar-refractivity contribution >= 4 is 17.2 Å². The molecule has 0 saturated carbocycles. The lowest BCUT2D eigenvalue weighted by Crippen LogP contribution is -2.28. The highest BCUT2D eigenvalue weighted by molar-refractivity contribution is 5.85. The van der Waals surface area contributed by atoms with E-state index in [-0.39, 0.29) is 0 Å². The van der Waals surface area contributed by atoms with Crippen LogP contribution in [0.2, 0.25) is 0 Å². The summed E-state index contributed by atoms with van der Waals surface area (Å²) >= 11 is 0. The van der Waals surface area contributed by atoms with Gasteiger partial charge in [-0.2, -0.15) is 13.2 Å². The summed E-state index contributed by atoms with van der Waals surface area (Å²) in [5, 5.41) is 8.81. The smallest absolute Gasteiger partial charge is 0.416 e. The zero-order valence-corrected chi connectivity index (χ0v) is 15.0. The first-order chi connectivity index (χ1) is 13.3. The van der Waals surface area contributed by atoms with E-state index in [4.69, 9.17) is 9.84 Å². The number of fused-ring (bicyclic) bond motifs is 1. The summed E-state index contributed by atoms with van der Waals surface area (Å²) in [6.07, 6.45) is -0.546. The summed E-state index contributed by atoms with van der Waals surface area (Å²) in [5.41, 5.74) is 2.01. The molecule has 0 aliphatic carbocycles. The molecule has 0 atom stereocenters. The molecule has 0 amide bonds. The van der Waals surface area contributed by atoms with Crippen molar-refractivity contribution in [2.75, 3.05) is 25.1 Å². The largest absolute Gasteiger partial charge is 0.490 e. The van der Waals surface area contributed by atoms with Gasteiger partial charge in [-0.3, -0.25) is 0 Å². The van der Waals surface area contributed by atoms with Crippen molar-refractivity contribution < 1.29 is 27.8 Å². The maximum Gasteiger partial charge on any atom is 0.416 e. The van der Waals surface area contributed by atoms with Crippen LogP contribution in [0.15, 0.2) is 60.7 Å². The first-order valence-corrected chi connectivity index (χ1v) is 8.53. The second kappa shape index (κ2) is 7.80. The summed E-state index contributed by atoms with van der Waals surface area (Å²) in [7, 11) is 1.95. The summed E-state index contributed by atoms with van der Waals surface area (Å²) in [4.78, 5) is 12.8. The highest BCUT2D eigenvalue weighted by Crippen LogP contribution is 2.36. The van der Waals surface area contributed by atoms with E-state index >= 15 is 0 Å². The molecule has 1 aliphatic heterocycles. The van der Waals surface area contributed by atoms with Crippen LogP contribution in [0.5, 0.6) is 5.75 Å². The van der Waals surface area contributed by atoms with E-state index in [1.54, 1.807) is 6.08 Å². The van der Waals surface area contributed by atoms with E-state index in [2.05, 4.69) is 4.90 Å². The lowest BCUT2D eigenvalue weighted by Gasteiger charge is -2.28. The quantitative estimate of drug-likeness (QED) is 0.613. The van der Waals surface area contributed by atoms with Crippen molar-refractivity contribution in [3.05, 3.63) is 77.4 Å².